The van der Waals surface area contributed by atoms with Crippen LogP contribution in [0.5, 0.6) is 5.75 Å². The molecule has 0 fully saturated rings. The number of hydrogen-bond acceptors (Lipinski definition) is 7. The molecule has 3 aromatic carbocycles. The molecule has 0 spiro atoms. The maximum Gasteiger partial charge on any atom is 0.416 e. The van der Waals surface area contributed by atoms with E-state index >= 15 is 8.78 Å². The van der Waals surface area contributed by atoms with E-state index < -0.39 is 83.0 Å². The lowest BCUT2D eigenvalue weighted by Gasteiger charge is -2.28. The fourth-order valence-corrected chi connectivity index (χ4v) is 5.26. The van der Waals surface area contributed by atoms with E-state index in [-0.39, 0.29) is 24.3 Å². The van der Waals surface area contributed by atoms with Gasteiger partial charge in [-0.2, -0.15) is 17.6 Å². The lowest BCUT2D eigenvalue weighted by molar-refractivity contribution is -0.305. The fourth-order valence-electron chi connectivity index (χ4n) is 5.26. The lowest BCUT2D eigenvalue weighted by Crippen LogP contribution is -2.45. The van der Waals surface area contributed by atoms with Gasteiger partial charge in [0.15, 0.2) is 11.6 Å². The van der Waals surface area contributed by atoms with Gasteiger partial charge in [-0.05, 0) is 48.6 Å². The molecule has 10 nitrogen and oxygen atoms in total. The summed E-state index contributed by atoms with van der Waals surface area (Å²) in [6, 6.07) is 13.3. The Balaban J connectivity index is 2.01. The number of nitroso groups, excluding NO2 is 1. The van der Waals surface area contributed by atoms with Crippen LogP contribution >= 0.6 is 0 Å². The monoisotopic (exact) mass is 659 g/mol. The molecule has 0 unspecified atom stereocenters. The Morgan fingerprint density at radius 2 is 1.68 bits per heavy atom. The molecular formula is C32H28F5N4O6-. The minimum atomic E-state index is -4.89. The number of carboxylic acids is 1. The number of alkyl halides is 3. The molecule has 0 saturated heterocycles. The molecule has 15 heteroatoms. The average molecular weight is 660 g/mol. The molecule has 248 valence electrons. The van der Waals surface area contributed by atoms with Gasteiger partial charge >= 0.3 is 11.9 Å². The van der Waals surface area contributed by atoms with Crippen molar-refractivity contribution in [1.82, 2.24) is 14.1 Å². The molecular weight excluding hydrogens is 631 g/mol. The lowest BCUT2D eigenvalue weighted by atomic mass is 10.0. The second kappa shape index (κ2) is 14.4. The number of halogens is 5. The van der Waals surface area contributed by atoms with Crippen molar-refractivity contribution in [3.8, 4) is 16.9 Å². The van der Waals surface area contributed by atoms with Gasteiger partial charge in [0.2, 0.25) is 5.95 Å². The predicted molar refractivity (Wildman–Crippen MR) is 158 cm³/mol. The van der Waals surface area contributed by atoms with E-state index in [1.165, 1.54) is 37.3 Å². The van der Waals surface area contributed by atoms with Crippen molar-refractivity contribution in [2.24, 2.45) is 5.29 Å². The molecule has 0 N–H and O–H groups in total. The number of methoxy groups -OCH3 is 1. The normalized spacial score (nSPS) is 12.1. The molecule has 0 bridgehead atoms. The van der Waals surface area contributed by atoms with Crippen LogP contribution < -0.4 is 21.1 Å². The first-order chi connectivity index (χ1) is 22.3. The van der Waals surface area contributed by atoms with Gasteiger partial charge in [0.05, 0.1) is 37.1 Å². The highest BCUT2D eigenvalue weighted by molar-refractivity contribution is 5.65. The van der Waals surface area contributed by atoms with Crippen LogP contribution in [0, 0.1) is 23.6 Å². The number of aryl methyl sites for hydroxylation is 1. The summed E-state index contributed by atoms with van der Waals surface area (Å²) in [5.41, 5.74) is -5.58. The molecule has 4 rings (SSSR count). The van der Waals surface area contributed by atoms with E-state index in [2.05, 4.69) is 5.29 Å². The summed E-state index contributed by atoms with van der Waals surface area (Å²) in [7, 11) is 1.13. The zero-order chi connectivity index (χ0) is 34.5. The molecule has 0 aliphatic rings. The van der Waals surface area contributed by atoms with Crippen LogP contribution in [0.2, 0.25) is 0 Å². The predicted octanol–water partition coefficient (Wildman–Crippen LogP) is 4.59. The number of ether oxygens (including phenoxy) is 1. The van der Waals surface area contributed by atoms with Crippen LogP contribution in [0.4, 0.5) is 22.0 Å². The molecule has 1 aromatic heterocycles. The Morgan fingerprint density at radius 3 is 2.30 bits per heavy atom. The number of aromatic nitrogens is 2. The third kappa shape index (κ3) is 7.39. The van der Waals surface area contributed by atoms with E-state index in [1.807, 2.05) is 0 Å². The van der Waals surface area contributed by atoms with Gasteiger partial charge in [0.1, 0.15) is 5.56 Å². The molecule has 0 aliphatic carbocycles. The Bertz CT molecular complexity index is 1890. The zero-order valence-corrected chi connectivity index (χ0v) is 25.1. The molecule has 0 aliphatic heterocycles. The number of hydrogen-bond donors (Lipinski definition) is 0. The van der Waals surface area contributed by atoms with Crippen molar-refractivity contribution in [2.45, 2.75) is 45.1 Å². The van der Waals surface area contributed by atoms with E-state index in [1.54, 1.807) is 18.2 Å². The summed E-state index contributed by atoms with van der Waals surface area (Å²) in [6.45, 7) is -0.644. The molecule has 1 atom stereocenters. The number of carbonyl (C=O) groups is 1. The largest absolute Gasteiger partial charge is 0.550 e. The smallest absolute Gasteiger partial charge is 0.416 e. The summed E-state index contributed by atoms with van der Waals surface area (Å²) < 4.78 is 79.7. The second-order valence-corrected chi connectivity index (χ2v) is 10.5. The van der Waals surface area contributed by atoms with Crippen molar-refractivity contribution < 1.29 is 36.6 Å². The first kappa shape index (κ1) is 34.5. The van der Waals surface area contributed by atoms with Gasteiger partial charge in [0, 0.05) is 18.1 Å². The van der Waals surface area contributed by atoms with E-state index in [4.69, 9.17) is 4.74 Å². The highest BCUT2D eigenvalue weighted by Gasteiger charge is 2.35. The number of nitrogens with zero attached hydrogens (tertiary/aromatic N) is 4. The average Bonchev–Trinajstić information content (AvgIpc) is 3.03. The second-order valence-electron chi connectivity index (χ2n) is 10.5. The van der Waals surface area contributed by atoms with Crippen molar-refractivity contribution in [3.05, 3.63) is 126 Å². The van der Waals surface area contributed by atoms with Crippen LogP contribution in [0.25, 0.3) is 11.1 Å². The van der Waals surface area contributed by atoms with Crippen molar-refractivity contribution >= 4 is 5.97 Å². The molecule has 4 aromatic rings. The van der Waals surface area contributed by atoms with E-state index in [0.29, 0.717) is 14.7 Å². The third-order valence-corrected chi connectivity index (χ3v) is 7.62. The maximum absolute atomic E-state index is 16.4. The van der Waals surface area contributed by atoms with Crippen molar-refractivity contribution in [3.63, 3.8) is 0 Å². The topological polar surface area (TPSA) is 126 Å². The van der Waals surface area contributed by atoms with Gasteiger partial charge in [-0.3, -0.25) is 18.9 Å². The first-order valence-electron chi connectivity index (χ1n) is 14.2. The summed E-state index contributed by atoms with van der Waals surface area (Å²) in [5.74, 6) is -4.55. The van der Waals surface area contributed by atoms with Crippen LogP contribution in [-0.4, -0.2) is 33.8 Å². The number of rotatable bonds is 13. The molecule has 0 amide bonds. The summed E-state index contributed by atoms with van der Waals surface area (Å²) in [4.78, 5) is 50.9. The van der Waals surface area contributed by atoms with Gasteiger partial charge in [-0.1, -0.05) is 54.6 Å². The Labute approximate surface area is 264 Å². The minimum absolute atomic E-state index is 0.0596. The Kier molecular flexibility index (Phi) is 10.6. The minimum Gasteiger partial charge on any atom is -0.550 e. The summed E-state index contributed by atoms with van der Waals surface area (Å²) >= 11 is 0. The van der Waals surface area contributed by atoms with E-state index in [9.17, 15) is 37.6 Å². The van der Waals surface area contributed by atoms with Crippen LogP contribution in [0.3, 0.4) is 0 Å². The van der Waals surface area contributed by atoms with Gasteiger partial charge in [-0.15, -0.1) is 4.91 Å². The van der Waals surface area contributed by atoms with Crippen LogP contribution in [0.15, 0.2) is 81.6 Å². The fraction of sp³-hybridized carbons (Fsp3) is 0.281. The summed E-state index contributed by atoms with van der Waals surface area (Å²) in [6.07, 6.45) is -5.46. The molecule has 0 saturated carbocycles. The highest BCUT2D eigenvalue weighted by Crippen LogP contribution is 2.34. The van der Waals surface area contributed by atoms with Crippen LogP contribution in [0.1, 0.15) is 41.1 Å². The molecule has 0 radical (unpaired) electrons. The zero-order valence-electron chi connectivity index (χ0n) is 25.1. The molecule has 47 heavy (non-hydrogen) atoms. The first-order valence-corrected chi connectivity index (χ1v) is 14.2. The number of benzene rings is 3. The Hall–Kier alpha value is -5.34. The standard InChI is InChI=1S/C32H29F5N4O6/c1-19-9-6-13-23(32(35,36)37)22(19)17-39-29(34)27(21-12-7-14-25(47-2)28(21)33)30(44)40(31(39)45)18-24(20-10-4-3-5-11-20)41(38-46)16-8-15-26(42)43/h3-7,9-14,24H,8,15-18H2,1-2H3,(H,42,43)/p-1/t24-/m0/s1. The van der Waals surface area contributed by atoms with Gasteiger partial charge < -0.3 is 14.6 Å². The van der Waals surface area contributed by atoms with Crippen molar-refractivity contribution in [2.75, 3.05) is 13.7 Å². The number of carboxylic acid groups (broad SMARTS) is 1. The quantitative estimate of drug-likeness (QED) is 0.0890. The molecule has 1 heterocycles. The SMILES string of the molecule is COc1cccc(-c2c(F)n(Cc3c(C)cccc3C(F)(F)F)c(=O)n(C[C@@H](c3ccccc3)N(CCCC(=O)[O-])N=O)c2=O)c1F. The van der Waals surface area contributed by atoms with Crippen LogP contribution in [-0.2, 0) is 24.1 Å². The van der Waals surface area contributed by atoms with Gasteiger partial charge in [0.25, 0.3) is 5.56 Å². The Morgan fingerprint density at radius 1 is 1.00 bits per heavy atom. The highest BCUT2D eigenvalue weighted by atomic mass is 19.4. The third-order valence-electron chi connectivity index (χ3n) is 7.62. The van der Waals surface area contributed by atoms with E-state index in [0.717, 1.165) is 30.3 Å². The number of carbonyl (C=O) groups excluding carboxylic acids is 1. The summed E-state index contributed by atoms with van der Waals surface area (Å²) in [5, 5.41) is 14.8. The van der Waals surface area contributed by atoms with Crippen molar-refractivity contribution in [1.29, 1.82) is 0 Å². The number of aliphatic carboxylic acids is 1. The maximum atomic E-state index is 16.4. The van der Waals surface area contributed by atoms with Gasteiger partial charge in [-0.25, -0.2) is 9.18 Å².